The first-order valence-electron chi connectivity index (χ1n) is 4.94. The molecule has 0 spiro atoms. The van der Waals surface area contributed by atoms with Gasteiger partial charge in [0.25, 0.3) is 0 Å². The van der Waals surface area contributed by atoms with Crippen molar-refractivity contribution in [1.29, 1.82) is 0 Å². The highest BCUT2D eigenvalue weighted by molar-refractivity contribution is 6.40. The predicted molar refractivity (Wildman–Crippen MR) is 80.6 cm³/mol. The van der Waals surface area contributed by atoms with Crippen LogP contribution in [-0.4, -0.2) is 0 Å². The summed E-state index contributed by atoms with van der Waals surface area (Å²) in [5.41, 5.74) is 7.34. The maximum atomic E-state index is 6.07. The van der Waals surface area contributed by atoms with E-state index in [2.05, 4.69) is 5.32 Å². The van der Waals surface area contributed by atoms with E-state index in [1.807, 2.05) is 0 Å². The fourth-order valence-corrected chi connectivity index (χ4v) is 2.49. The molecule has 0 atom stereocenters. The Kier molecular flexibility index (Phi) is 4.13. The number of hydrogen-bond acceptors (Lipinski definition) is 2. The molecule has 0 amide bonds. The molecule has 2 aromatic carbocycles. The monoisotopic (exact) mass is 320 g/mol. The van der Waals surface area contributed by atoms with Crippen molar-refractivity contribution in [2.75, 3.05) is 11.1 Å². The molecule has 0 aromatic heterocycles. The molecule has 2 aromatic rings. The number of nitrogens with two attached hydrogens (primary N) is 1. The Morgan fingerprint density at radius 3 is 2.00 bits per heavy atom. The number of anilines is 3. The number of nitrogens with one attached hydrogen (secondary N) is 1. The number of hydrogen-bond donors (Lipinski definition) is 2. The van der Waals surface area contributed by atoms with Crippen LogP contribution in [0.15, 0.2) is 30.3 Å². The summed E-state index contributed by atoms with van der Waals surface area (Å²) in [5, 5.41) is 4.93. The molecular formula is C12H8Cl4N2. The van der Waals surface area contributed by atoms with E-state index in [4.69, 9.17) is 52.1 Å². The summed E-state index contributed by atoms with van der Waals surface area (Å²) in [6.45, 7) is 0. The number of halogens is 4. The maximum Gasteiger partial charge on any atom is 0.0764 e. The molecule has 94 valence electrons. The molecule has 0 aliphatic rings. The van der Waals surface area contributed by atoms with Gasteiger partial charge < -0.3 is 11.1 Å². The minimum absolute atomic E-state index is 0.422. The molecule has 0 aliphatic heterocycles. The molecule has 2 rings (SSSR count). The van der Waals surface area contributed by atoms with Crippen LogP contribution in [0.1, 0.15) is 0 Å². The van der Waals surface area contributed by atoms with Gasteiger partial charge in [-0.3, -0.25) is 0 Å². The Labute approximate surface area is 125 Å². The minimum atomic E-state index is 0.422. The van der Waals surface area contributed by atoms with Crippen LogP contribution < -0.4 is 11.1 Å². The van der Waals surface area contributed by atoms with Crippen LogP contribution in [-0.2, 0) is 0 Å². The molecule has 0 aliphatic carbocycles. The summed E-state index contributed by atoms with van der Waals surface area (Å²) in [6.07, 6.45) is 0. The van der Waals surface area contributed by atoms with Crippen LogP contribution in [0.4, 0.5) is 17.1 Å². The van der Waals surface area contributed by atoms with E-state index in [9.17, 15) is 0 Å². The Morgan fingerprint density at radius 1 is 0.833 bits per heavy atom. The summed E-state index contributed by atoms with van der Waals surface area (Å²) in [7, 11) is 0. The van der Waals surface area contributed by atoms with Gasteiger partial charge in [-0.25, -0.2) is 0 Å². The highest BCUT2D eigenvalue weighted by Crippen LogP contribution is 2.37. The van der Waals surface area contributed by atoms with Crippen LogP contribution >= 0.6 is 46.4 Å². The second-order valence-electron chi connectivity index (χ2n) is 3.61. The normalized spacial score (nSPS) is 10.4. The van der Waals surface area contributed by atoms with E-state index in [-0.39, 0.29) is 0 Å². The average molecular weight is 322 g/mol. The van der Waals surface area contributed by atoms with Crippen molar-refractivity contribution in [2.45, 2.75) is 0 Å². The van der Waals surface area contributed by atoms with E-state index in [1.54, 1.807) is 30.3 Å². The van der Waals surface area contributed by atoms with Crippen molar-refractivity contribution in [2.24, 2.45) is 0 Å². The Balaban J connectivity index is 2.40. The molecule has 18 heavy (non-hydrogen) atoms. The third-order valence-corrected chi connectivity index (χ3v) is 3.40. The highest BCUT2D eigenvalue weighted by atomic mass is 35.5. The van der Waals surface area contributed by atoms with Gasteiger partial charge in [-0.15, -0.1) is 0 Å². The van der Waals surface area contributed by atoms with Crippen LogP contribution in [0.5, 0.6) is 0 Å². The fourth-order valence-electron chi connectivity index (χ4n) is 1.44. The Bertz CT molecular complexity index is 576. The number of nitrogen functional groups attached to an aromatic ring is 1. The molecule has 0 heterocycles. The summed E-state index contributed by atoms with van der Waals surface area (Å²) in [4.78, 5) is 0. The first-order valence-corrected chi connectivity index (χ1v) is 6.45. The fraction of sp³-hybridized carbons (Fsp3) is 0. The van der Waals surface area contributed by atoms with Crippen molar-refractivity contribution >= 4 is 63.5 Å². The van der Waals surface area contributed by atoms with Gasteiger partial charge in [-0.2, -0.15) is 0 Å². The minimum Gasteiger partial charge on any atom is -0.399 e. The lowest BCUT2D eigenvalue weighted by atomic mass is 10.2. The van der Waals surface area contributed by atoms with Crippen LogP contribution in [0.25, 0.3) is 0 Å². The van der Waals surface area contributed by atoms with Crippen molar-refractivity contribution in [3.05, 3.63) is 50.4 Å². The van der Waals surface area contributed by atoms with Crippen LogP contribution in [0.3, 0.4) is 0 Å². The van der Waals surface area contributed by atoms with Gasteiger partial charge in [0.05, 0.1) is 26.4 Å². The topological polar surface area (TPSA) is 38.0 Å². The zero-order chi connectivity index (χ0) is 13.3. The second-order valence-corrected chi connectivity index (χ2v) is 5.27. The van der Waals surface area contributed by atoms with Gasteiger partial charge in [0, 0.05) is 10.7 Å². The summed E-state index contributed by atoms with van der Waals surface area (Å²) < 4.78 is 0. The van der Waals surface area contributed by atoms with E-state index >= 15 is 0 Å². The van der Waals surface area contributed by atoms with Gasteiger partial charge in [0.15, 0.2) is 0 Å². The van der Waals surface area contributed by atoms with Gasteiger partial charge in [-0.1, -0.05) is 46.4 Å². The molecule has 0 fully saturated rings. The standard InChI is InChI=1S/C12H8Cl4N2/c13-6-1-2-11(8(14)3-6)18-12-9(15)4-7(17)5-10(12)16/h1-5,18H,17H2. The molecule has 0 unspecified atom stereocenters. The lowest BCUT2D eigenvalue weighted by Crippen LogP contribution is -1.95. The van der Waals surface area contributed by atoms with Gasteiger partial charge in [-0.05, 0) is 30.3 Å². The molecule has 2 nitrogen and oxygen atoms in total. The van der Waals surface area contributed by atoms with Gasteiger partial charge in [0.2, 0.25) is 0 Å². The SMILES string of the molecule is Nc1cc(Cl)c(Nc2ccc(Cl)cc2Cl)c(Cl)c1. The first kappa shape index (κ1) is 13.6. The van der Waals surface area contributed by atoms with Crippen LogP contribution in [0, 0.1) is 0 Å². The van der Waals surface area contributed by atoms with E-state index in [1.165, 1.54) is 0 Å². The largest absolute Gasteiger partial charge is 0.399 e. The van der Waals surface area contributed by atoms with E-state index < -0.39 is 0 Å². The molecular weight excluding hydrogens is 314 g/mol. The smallest absolute Gasteiger partial charge is 0.0764 e. The summed E-state index contributed by atoms with van der Waals surface area (Å²) >= 11 is 24.0. The lowest BCUT2D eigenvalue weighted by molar-refractivity contribution is 1.54. The quantitative estimate of drug-likeness (QED) is 0.704. The number of rotatable bonds is 2. The van der Waals surface area contributed by atoms with Crippen LogP contribution in [0.2, 0.25) is 20.1 Å². The average Bonchev–Trinajstić information content (AvgIpc) is 2.25. The van der Waals surface area contributed by atoms with Crippen molar-refractivity contribution in [3.63, 3.8) is 0 Å². The Morgan fingerprint density at radius 2 is 1.44 bits per heavy atom. The molecule has 3 N–H and O–H groups in total. The third-order valence-electron chi connectivity index (χ3n) is 2.26. The first-order chi connectivity index (χ1) is 8.47. The lowest BCUT2D eigenvalue weighted by Gasteiger charge is -2.12. The summed E-state index contributed by atoms with van der Waals surface area (Å²) in [6, 6.07) is 8.31. The van der Waals surface area contributed by atoms with E-state index in [0.717, 1.165) is 0 Å². The maximum absolute atomic E-state index is 6.07. The molecule has 0 bridgehead atoms. The van der Waals surface area contributed by atoms with E-state index in [0.29, 0.717) is 37.2 Å². The Hall–Kier alpha value is -0.800. The third kappa shape index (κ3) is 2.96. The predicted octanol–water partition coefficient (Wildman–Crippen LogP) is 5.63. The molecule has 6 heteroatoms. The van der Waals surface area contributed by atoms with Crippen molar-refractivity contribution in [3.8, 4) is 0 Å². The van der Waals surface area contributed by atoms with Gasteiger partial charge >= 0.3 is 0 Å². The number of benzene rings is 2. The van der Waals surface area contributed by atoms with Gasteiger partial charge in [0.1, 0.15) is 0 Å². The highest BCUT2D eigenvalue weighted by Gasteiger charge is 2.09. The molecule has 0 radical (unpaired) electrons. The van der Waals surface area contributed by atoms with Crippen molar-refractivity contribution in [1.82, 2.24) is 0 Å². The second kappa shape index (κ2) is 5.45. The van der Waals surface area contributed by atoms with Crippen molar-refractivity contribution < 1.29 is 0 Å². The zero-order valence-corrected chi connectivity index (χ0v) is 12.0. The molecule has 0 saturated heterocycles. The summed E-state index contributed by atoms with van der Waals surface area (Å²) in [5.74, 6) is 0. The molecule has 0 saturated carbocycles. The zero-order valence-electron chi connectivity index (χ0n) is 8.98.